The molecular formula is C11H17NO2S2. The molecule has 0 spiro atoms. The zero-order chi connectivity index (χ0) is 12.0. The van der Waals surface area contributed by atoms with Crippen LogP contribution in [0, 0.1) is 0 Å². The first-order valence-electron chi connectivity index (χ1n) is 5.22. The molecule has 0 saturated carbocycles. The molecule has 0 fully saturated rings. The Balaban J connectivity index is 2.42. The number of hydrogen-bond acceptors (Lipinski definition) is 4. The van der Waals surface area contributed by atoms with E-state index >= 15 is 0 Å². The van der Waals surface area contributed by atoms with E-state index in [4.69, 9.17) is 5.73 Å². The Labute approximate surface area is 101 Å². The Morgan fingerprint density at radius 3 is 2.69 bits per heavy atom. The maximum Gasteiger partial charge on any atom is 0.151 e. The Morgan fingerprint density at radius 2 is 2.06 bits per heavy atom. The molecule has 16 heavy (non-hydrogen) atoms. The molecule has 0 heterocycles. The van der Waals surface area contributed by atoms with Crippen molar-refractivity contribution >= 4 is 27.3 Å². The largest absolute Gasteiger partial charge is 0.399 e. The normalized spacial score (nSPS) is 11.6. The van der Waals surface area contributed by atoms with Gasteiger partial charge in [0.15, 0.2) is 9.84 Å². The minimum Gasteiger partial charge on any atom is -0.399 e. The summed E-state index contributed by atoms with van der Waals surface area (Å²) in [6.07, 6.45) is 0.686. The molecule has 1 aromatic carbocycles. The van der Waals surface area contributed by atoms with E-state index in [-0.39, 0.29) is 11.5 Å². The summed E-state index contributed by atoms with van der Waals surface area (Å²) in [4.78, 5) is 1.02. The number of nitrogens with two attached hydrogens (primary N) is 1. The first kappa shape index (κ1) is 13.4. The van der Waals surface area contributed by atoms with Crippen LogP contribution in [0.15, 0.2) is 29.2 Å². The van der Waals surface area contributed by atoms with E-state index in [0.717, 1.165) is 4.90 Å². The van der Waals surface area contributed by atoms with Gasteiger partial charge in [0.2, 0.25) is 0 Å². The predicted octanol–water partition coefficient (Wildman–Crippen LogP) is 2.19. The molecule has 1 rings (SSSR count). The second kappa shape index (κ2) is 6.15. The van der Waals surface area contributed by atoms with E-state index in [1.807, 2.05) is 31.2 Å². The summed E-state index contributed by atoms with van der Waals surface area (Å²) in [5.41, 5.74) is 6.34. The van der Waals surface area contributed by atoms with Gasteiger partial charge in [0.1, 0.15) is 0 Å². The van der Waals surface area contributed by atoms with Gasteiger partial charge in [0.05, 0.1) is 5.75 Å². The standard InChI is InChI=1S/C11H17NO2S2/c1-2-7-16(13,14)8-6-15-11-5-3-4-10(12)9-11/h3-5,9H,2,6-8,12H2,1H3. The van der Waals surface area contributed by atoms with Gasteiger partial charge in [0, 0.05) is 22.1 Å². The average Bonchev–Trinajstić information content (AvgIpc) is 2.17. The highest BCUT2D eigenvalue weighted by molar-refractivity contribution is 8.00. The number of nitrogen functional groups attached to an aromatic ring is 1. The maximum absolute atomic E-state index is 11.4. The van der Waals surface area contributed by atoms with Gasteiger partial charge in [0.25, 0.3) is 0 Å². The van der Waals surface area contributed by atoms with Gasteiger partial charge < -0.3 is 5.73 Å². The number of rotatable bonds is 6. The van der Waals surface area contributed by atoms with E-state index in [1.54, 1.807) is 0 Å². The van der Waals surface area contributed by atoms with Crippen molar-refractivity contribution in [3.05, 3.63) is 24.3 Å². The van der Waals surface area contributed by atoms with Crippen molar-refractivity contribution in [2.24, 2.45) is 0 Å². The van der Waals surface area contributed by atoms with E-state index in [9.17, 15) is 8.42 Å². The zero-order valence-electron chi connectivity index (χ0n) is 9.35. The summed E-state index contributed by atoms with van der Waals surface area (Å²) in [6.45, 7) is 1.88. The quantitative estimate of drug-likeness (QED) is 0.628. The molecule has 90 valence electrons. The van der Waals surface area contributed by atoms with Crippen LogP contribution in [-0.2, 0) is 9.84 Å². The smallest absolute Gasteiger partial charge is 0.151 e. The number of anilines is 1. The van der Waals surface area contributed by atoms with E-state index in [2.05, 4.69) is 0 Å². The minimum atomic E-state index is -2.86. The number of sulfone groups is 1. The van der Waals surface area contributed by atoms with Crippen LogP contribution < -0.4 is 5.73 Å². The lowest BCUT2D eigenvalue weighted by Gasteiger charge is -2.03. The van der Waals surface area contributed by atoms with Crippen LogP contribution in [0.2, 0.25) is 0 Å². The third kappa shape index (κ3) is 4.90. The van der Waals surface area contributed by atoms with Crippen LogP contribution in [0.4, 0.5) is 5.69 Å². The molecule has 0 radical (unpaired) electrons. The van der Waals surface area contributed by atoms with Crippen LogP contribution in [0.5, 0.6) is 0 Å². The Morgan fingerprint density at radius 1 is 1.31 bits per heavy atom. The van der Waals surface area contributed by atoms with Crippen molar-refractivity contribution in [3.8, 4) is 0 Å². The van der Waals surface area contributed by atoms with Gasteiger partial charge in [-0.3, -0.25) is 0 Å². The molecule has 0 bridgehead atoms. The van der Waals surface area contributed by atoms with Crippen molar-refractivity contribution in [3.63, 3.8) is 0 Å². The highest BCUT2D eigenvalue weighted by Gasteiger charge is 2.08. The van der Waals surface area contributed by atoms with E-state index in [1.165, 1.54) is 11.8 Å². The summed E-state index contributed by atoms with van der Waals surface area (Å²) in [5, 5.41) is 0. The lowest BCUT2D eigenvalue weighted by atomic mass is 10.3. The summed E-state index contributed by atoms with van der Waals surface area (Å²) in [7, 11) is -2.86. The van der Waals surface area contributed by atoms with Crippen LogP contribution in [0.1, 0.15) is 13.3 Å². The molecule has 3 nitrogen and oxygen atoms in total. The predicted molar refractivity (Wildman–Crippen MR) is 70.5 cm³/mol. The molecular weight excluding hydrogens is 242 g/mol. The Hall–Kier alpha value is -0.680. The van der Waals surface area contributed by atoms with Gasteiger partial charge in [-0.15, -0.1) is 11.8 Å². The second-order valence-electron chi connectivity index (χ2n) is 3.57. The van der Waals surface area contributed by atoms with Crippen LogP contribution in [0.3, 0.4) is 0 Å². The maximum atomic E-state index is 11.4. The topological polar surface area (TPSA) is 60.2 Å². The Kier molecular flexibility index (Phi) is 5.15. The van der Waals surface area contributed by atoms with Gasteiger partial charge >= 0.3 is 0 Å². The third-order valence-electron chi connectivity index (χ3n) is 2.04. The molecule has 5 heteroatoms. The zero-order valence-corrected chi connectivity index (χ0v) is 11.0. The van der Waals surface area contributed by atoms with Crippen molar-refractivity contribution in [2.45, 2.75) is 18.2 Å². The number of hydrogen-bond donors (Lipinski definition) is 1. The van der Waals surface area contributed by atoms with Crippen LogP contribution >= 0.6 is 11.8 Å². The van der Waals surface area contributed by atoms with Crippen molar-refractivity contribution in [1.29, 1.82) is 0 Å². The highest BCUT2D eigenvalue weighted by Crippen LogP contribution is 2.20. The number of benzene rings is 1. The SMILES string of the molecule is CCCS(=O)(=O)CCSc1cccc(N)c1. The van der Waals surface area contributed by atoms with Crippen LogP contribution in [-0.4, -0.2) is 25.7 Å². The molecule has 0 unspecified atom stereocenters. The molecule has 0 aliphatic rings. The number of thioether (sulfide) groups is 1. The van der Waals surface area contributed by atoms with Gasteiger partial charge in [-0.05, 0) is 24.6 Å². The molecule has 0 aromatic heterocycles. The molecule has 0 saturated heterocycles. The molecule has 2 N–H and O–H groups in total. The van der Waals surface area contributed by atoms with E-state index in [0.29, 0.717) is 17.9 Å². The van der Waals surface area contributed by atoms with Crippen LogP contribution in [0.25, 0.3) is 0 Å². The first-order chi connectivity index (χ1) is 7.53. The third-order valence-corrected chi connectivity index (χ3v) is 5.15. The summed E-state index contributed by atoms with van der Waals surface area (Å²) in [6, 6.07) is 7.49. The summed E-state index contributed by atoms with van der Waals surface area (Å²) >= 11 is 1.53. The fourth-order valence-electron chi connectivity index (χ4n) is 1.30. The summed E-state index contributed by atoms with van der Waals surface area (Å²) in [5.74, 6) is 1.11. The molecule has 1 aromatic rings. The van der Waals surface area contributed by atoms with E-state index < -0.39 is 9.84 Å². The second-order valence-corrected chi connectivity index (χ2v) is 7.04. The van der Waals surface area contributed by atoms with Crippen molar-refractivity contribution in [2.75, 3.05) is 23.0 Å². The average molecular weight is 259 g/mol. The van der Waals surface area contributed by atoms with Crippen molar-refractivity contribution < 1.29 is 8.42 Å². The first-order valence-corrected chi connectivity index (χ1v) is 8.03. The lowest BCUT2D eigenvalue weighted by Crippen LogP contribution is -2.12. The summed E-state index contributed by atoms with van der Waals surface area (Å²) < 4.78 is 22.9. The monoisotopic (exact) mass is 259 g/mol. The molecule has 0 aliphatic carbocycles. The van der Waals surface area contributed by atoms with Gasteiger partial charge in [-0.25, -0.2) is 8.42 Å². The molecule has 0 amide bonds. The lowest BCUT2D eigenvalue weighted by molar-refractivity contribution is 0.596. The minimum absolute atomic E-state index is 0.236. The fraction of sp³-hybridized carbons (Fsp3) is 0.455. The van der Waals surface area contributed by atoms with Gasteiger partial charge in [-0.2, -0.15) is 0 Å². The highest BCUT2D eigenvalue weighted by atomic mass is 32.2. The fourth-order valence-corrected chi connectivity index (χ4v) is 4.11. The van der Waals surface area contributed by atoms with Crippen molar-refractivity contribution in [1.82, 2.24) is 0 Å². The molecule has 0 atom stereocenters. The molecule has 0 aliphatic heterocycles. The van der Waals surface area contributed by atoms with Gasteiger partial charge in [-0.1, -0.05) is 13.0 Å². The Bertz CT molecular complexity index is 429.